The standard InChI is InChI=1S/C20H31F2N3O2S/c1-19(2,3)27-18(26)23-15-6-10-25(11-7-15)12-17-24-16(13-28-17)14-4-8-20(21,22)9-5-14/h13-15H,4-12H2,1-3H3,(H,23,26). The van der Waals surface area contributed by atoms with Gasteiger partial charge >= 0.3 is 6.09 Å². The van der Waals surface area contributed by atoms with Crippen LogP contribution in [-0.2, 0) is 11.3 Å². The third-order valence-corrected chi connectivity index (χ3v) is 6.22. The molecule has 1 aromatic heterocycles. The van der Waals surface area contributed by atoms with Crippen LogP contribution in [0.4, 0.5) is 13.6 Å². The normalized spacial score (nSPS) is 22.2. The summed E-state index contributed by atoms with van der Waals surface area (Å²) in [6.45, 7) is 8.14. The fourth-order valence-corrected chi connectivity index (χ4v) is 4.74. The van der Waals surface area contributed by atoms with Crippen LogP contribution in [0, 0.1) is 0 Å². The Morgan fingerprint density at radius 1 is 1.29 bits per heavy atom. The molecule has 0 radical (unpaired) electrons. The molecule has 1 aromatic rings. The number of amides is 1. The van der Waals surface area contributed by atoms with Crippen LogP contribution in [0.5, 0.6) is 0 Å². The van der Waals surface area contributed by atoms with Crippen LogP contribution in [-0.4, -0.2) is 46.6 Å². The Balaban J connectivity index is 1.42. The summed E-state index contributed by atoms with van der Waals surface area (Å²) in [4.78, 5) is 19.0. The first-order valence-corrected chi connectivity index (χ1v) is 11.0. The van der Waals surface area contributed by atoms with Gasteiger partial charge in [0.15, 0.2) is 0 Å². The molecule has 158 valence electrons. The number of hydrogen-bond acceptors (Lipinski definition) is 5. The van der Waals surface area contributed by atoms with Crippen LogP contribution >= 0.6 is 11.3 Å². The number of hydrogen-bond donors (Lipinski definition) is 1. The van der Waals surface area contributed by atoms with Crippen LogP contribution in [0.15, 0.2) is 5.38 Å². The lowest BCUT2D eigenvalue weighted by Crippen LogP contribution is -2.45. The average Bonchev–Trinajstić information content (AvgIpc) is 3.03. The molecule has 5 nitrogen and oxygen atoms in total. The van der Waals surface area contributed by atoms with Gasteiger partial charge < -0.3 is 10.1 Å². The fourth-order valence-electron chi connectivity index (χ4n) is 3.82. The van der Waals surface area contributed by atoms with Gasteiger partial charge in [-0.05, 0) is 46.5 Å². The van der Waals surface area contributed by atoms with Crippen molar-refractivity contribution >= 4 is 17.4 Å². The molecule has 1 amide bonds. The Hall–Kier alpha value is -1.28. The number of carbonyl (C=O) groups excluding carboxylic acids is 1. The molecule has 3 rings (SSSR count). The second kappa shape index (κ2) is 8.61. The molecule has 2 heterocycles. The number of piperidine rings is 1. The van der Waals surface area contributed by atoms with E-state index < -0.39 is 11.5 Å². The monoisotopic (exact) mass is 415 g/mol. The summed E-state index contributed by atoms with van der Waals surface area (Å²) in [5.41, 5.74) is 0.499. The van der Waals surface area contributed by atoms with Gasteiger partial charge in [0.05, 0.1) is 12.2 Å². The van der Waals surface area contributed by atoms with Crippen molar-refractivity contribution in [2.75, 3.05) is 13.1 Å². The van der Waals surface area contributed by atoms with E-state index in [4.69, 9.17) is 9.72 Å². The molecule has 2 aliphatic rings. The Morgan fingerprint density at radius 2 is 1.93 bits per heavy atom. The zero-order valence-electron chi connectivity index (χ0n) is 17.0. The molecule has 0 atom stereocenters. The summed E-state index contributed by atoms with van der Waals surface area (Å²) >= 11 is 1.62. The maximum Gasteiger partial charge on any atom is 0.407 e. The minimum absolute atomic E-state index is 0.0251. The minimum atomic E-state index is -2.49. The van der Waals surface area contributed by atoms with Crippen LogP contribution in [0.1, 0.15) is 75.9 Å². The smallest absolute Gasteiger partial charge is 0.407 e. The molecule has 2 fully saturated rings. The molecule has 0 bridgehead atoms. The van der Waals surface area contributed by atoms with Gasteiger partial charge in [-0.3, -0.25) is 4.90 Å². The van der Waals surface area contributed by atoms with Gasteiger partial charge in [-0.15, -0.1) is 11.3 Å². The van der Waals surface area contributed by atoms with E-state index >= 15 is 0 Å². The number of halogens is 2. The quantitative estimate of drug-likeness (QED) is 0.758. The van der Waals surface area contributed by atoms with Crippen LogP contribution in [0.3, 0.4) is 0 Å². The number of rotatable bonds is 4. The number of alkyl carbamates (subject to hydrolysis) is 1. The lowest BCUT2D eigenvalue weighted by molar-refractivity contribution is -0.0384. The first kappa shape index (κ1) is 21.4. The van der Waals surface area contributed by atoms with Gasteiger partial charge in [0.25, 0.3) is 0 Å². The predicted molar refractivity (Wildman–Crippen MR) is 106 cm³/mol. The van der Waals surface area contributed by atoms with Crippen molar-refractivity contribution in [1.82, 2.24) is 15.2 Å². The zero-order chi connectivity index (χ0) is 20.4. The number of ether oxygens (including phenoxy) is 1. The Bertz CT molecular complexity index is 657. The van der Waals surface area contributed by atoms with Gasteiger partial charge in [-0.1, -0.05) is 0 Å². The molecule has 28 heavy (non-hydrogen) atoms. The SMILES string of the molecule is CC(C)(C)OC(=O)NC1CCN(Cc2nc(C3CCC(F)(F)CC3)cs2)CC1. The number of nitrogens with one attached hydrogen (secondary N) is 1. The number of thiazole rings is 1. The van der Waals surface area contributed by atoms with Crippen LogP contribution in [0.2, 0.25) is 0 Å². The van der Waals surface area contributed by atoms with Crippen LogP contribution in [0.25, 0.3) is 0 Å². The summed E-state index contributed by atoms with van der Waals surface area (Å²) in [5.74, 6) is -2.32. The summed E-state index contributed by atoms with van der Waals surface area (Å²) < 4.78 is 32.0. The molecule has 1 aliphatic heterocycles. The van der Waals surface area contributed by atoms with Crippen molar-refractivity contribution in [3.05, 3.63) is 16.1 Å². The van der Waals surface area contributed by atoms with E-state index in [1.165, 1.54) is 0 Å². The van der Waals surface area contributed by atoms with Gasteiger partial charge in [-0.2, -0.15) is 0 Å². The second-order valence-electron chi connectivity index (χ2n) is 8.99. The highest BCUT2D eigenvalue weighted by Crippen LogP contribution is 2.41. The van der Waals surface area contributed by atoms with Crippen molar-refractivity contribution in [2.24, 2.45) is 0 Å². The van der Waals surface area contributed by atoms with Gasteiger partial charge in [0.2, 0.25) is 5.92 Å². The number of carbonyl (C=O) groups is 1. The lowest BCUT2D eigenvalue weighted by atomic mass is 9.85. The molecular formula is C20H31F2N3O2S. The molecule has 0 unspecified atom stereocenters. The second-order valence-corrected chi connectivity index (χ2v) is 9.94. The highest BCUT2D eigenvalue weighted by molar-refractivity contribution is 7.09. The molecule has 0 spiro atoms. The summed E-state index contributed by atoms with van der Waals surface area (Å²) in [5, 5.41) is 6.04. The first-order valence-electron chi connectivity index (χ1n) is 10.1. The topological polar surface area (TPSA) is 54.5 Å². The summed E-state index contributed by atoms with van der Waals surface area (Å²) in [6, 6.07) is 0.141. The van der Waals surface area contributed by atoms with E-state index in [9.17, 15) is 13.6 Å². The molecule has 1 saturated carbocycles. The van der Waals surface area contributed by atoms with Gasteiger partial charge in [0, 0.05) is 43.3 Å². The Labute approximate surface area is 169 Å². The first-order chi connectivity index (χ1) is 13.1. The zero-order valence-corrected chi connectivity index (χ0v) is 17.8. The Morgan fingerprint density at radius 3 is 2.54 bits per heavy atom. The molecule has 1 N–H and O–H groups in total. The van der Waals surface area contributed by atoms with E-state index in [0.29, 0.717) is 12.8 Å². The maximum atomic E-state index is 13.3. The van der Waals surface area contributed by atoms with Crippen LogP contribution < -0.4 is 5.32 Å². The van der Waals surface area contributed by atoms with Crippen molar-refractivity contribution in [3.8, 4) is 0 Å². The molecular weight excluding hydrogens is 384 g/mol. The maximum absolute atomic E-state index is 13.3. The highest BCUT2D eigenvalue weighted by atomic mass is 32.1. The largest absolute Gasteiger partial charge is 0.444 e. The molecule has 1 saturated heterocycles. The molecule has 0 aromatic carbocycles. The third kappa shape index (κ3) is 6.37. The number of alkyl halides is 2. The molecule has 1 aliphatic carbocycles. The van der Waals surface area contributed by atoms with Gasteiger partial charge in [0.1, 0.15) is 10.6 Å². The van der Waals surface area contributed by atoms with Crippen molar-refractivity contribution < 1.29 is 18.3 Å². The summed E-state index contributed by atoms with van der Waals surface area (Å²) in [7, 11) is 0. The van der Waals surface area contributed by atoms with E-state index in [1.807, 2.05) is 26.2 Å². The summed E-state index contributed by atoms with van der Waals surface area (Å²) in [6.07, 6.45) is 2.42. The number of likely N-dealkylation sites (tertiary alicyclic amines) is 1. The number of aromatic nitrogens is 1. The van der Waals surface area contributed by atoms with Crippen molar-refractivity contribution in [3.63, 3.8) is 0 Å². The van der Waals surface area contributed by atoms with E-state index in [2.05, 4.69) is 10.2 Å². The average molecular weight is 416 g/mol. The van der Waals surface area contributed by atoms with Gasteiger partial charge in [-0.25, -0.2) is 18.6 Å². The van der Waals surface area contributed by atoms with Crippen molar-refractivity contribution in [2.45, 2.75) is 89.3 Å². The van der Waals surface area contributed by atoms with E-state index in [-0.39, 0.29) is 30.9 Å². The number of nitrogens with zero attached hydrogens (tertiary/aromatic N) is 2. The van der Waals surface area contributed by atoms with Crippen molar-refractivity contribution in [1.29, 1.82) is 0 Å². The third-order valence-electron chi connectivity index (χ3n) is 5.37. The minimum Gasteiger partial charge on any atom is -0.444 e. The predicted octanol–water partition coefficient (Wildman–Crippen LogP) is 4.93. The van der Waals surface area contributed by atoms with E-state index in [0.717, 1.165) is 43.2 Å². The van der Waals surface area contributed by atoms with E-state index in [1.54, 1.807) is 11.3 Å². The highest BCUT2D eigenvalue weighted by Gasteiger charge is 2.36. The fraction of sp³-hybridized carbons (Fsp3) is 0.800. The Kier molecular flexibility index (Phi) is 6.59. The molecule has 8 heteroatoms. The lowest BCUT2D eigenvalue weighted by Gasteiger charge is -2.32.